The summed E-state index contributed by atoms with van der Waals surface area (Å²) in [7, 11) is -3.03. The molecular formula is C29H28F4N4O3S2. The second kappa shape index (κ2) is 12.1. The highest BCUT2D eigenvalue weighted by atomic mass is 32.2. The molecule has 0 N–H and O–H groups in total. The number of anilines is 1. The van der Waals surface area contributed by atoms with Crippen LogP contribution in [0.1, 0.15) is 43.7 Å². The van der Waals surface area contributed by atoms with E-state index in [1.165, 1.54) is 29.5 Å². The summed E-state index contributed by atoms with van der Waals surface area (Å²) in [5, 5.41) is 9.57. The first-order valence-corrected chi connectivity index (χ1v) is 16.3. The molecule has 5 rings (SSSR count). The van der Waals surface area contributed by atoms with E-state index >= 15 is 0 Å². The number of benzene rings is 1. The largest absolute Gasteiger partial charge is 0.404 e. The van der Waals surface area contributed by atoms with Crippen LogP contribution in [0.5, 0.6) is 0 Å². The first kappa shape index (κ1) is 30.1. The Morgan fingerprint density at radius 2 is 1.79 bits per heavy atom. The van der Waals surface area contributed by atoms with Gasteiger partial charge in [-0.2, -0.15) is 18.4 Å². The number of carbonyl (C=O) groups is 1. The lowest BCUT2D eigenvalue weighted by Crippen LogP contribution is -2.40. The van der Waals surface area contributed by atoms with Crippen LogP contribution in [0.3, 0.4) is 0 Å². The Kier molecular flexibility index (Phi) is 8.66. The third kappa shape index (κ3) is 6.65. The minimum absolute atomic E-state index is 0.0832. The average Bonchev–Trinajstić information content (AvgIpc) is 3.41. The molecule has 1 unspecified atom stereocenters. The normalized spacial score (nSPS) is 21.5. The van der Waals surface area contributed by atoms with E-state index in [4.69, 9.17) is 10.2 Å². The molecule has 3 heterocycles. The molecule has 1 aliphatic heterocycles. The summed E-state index contributed by atoms with van der Waals surface area (Å²) in [6.45, 7) is 0.780. The van der Waals surface area contributed by atoms with E-state index in [0.29, 0.717) is 48.7 Å². The molecule has 2 aromatic heterocycles. The van der Waals surface area contributed by atoms with Gasteiger partial charge in [-0.1, -0.05) is 25.0 Å². The number of hydrogen-bond acceptors (Lipinski definition) is 8. The van der Waals surface area contributed by atoms with Gasteiger partial charge in [-0.05, 0) is 42.7 Å². The molecule has 2 aliphatic rings. The Labute approximate surface area is 245 Å². The molecule has 1 saturated heterocycles. The Hall–Kier alpha value is -3.37. The number of pyridine rings is 1. The van der Waals surface area contributed by atoms with Crippen molar-refractivity contribution in [2.75, 3.05) is 29.5 Å². The predicted molar refractivity (Wildman–Crippen MR) is 151 cm³/mol. The van der Waals surface area contributed by atoms with E-state index in [1.807, 2.05) is 29.2 Å². The Morgan fingerprint density at radius 1 is 1.10 bits per heavy atom. The van der Waals surface area contributed by atoms with Crippen molar-refractivity contribution in [3.8, 4) is 27.2 Å². The van der Waals surface area contributed by atoms with Crippen molar-refractivity contribution in [3.05, 3.63) is 54.1 Å². The van der Waals surface area contributed by atoms with Gasteiger partial charge in [0, 0.05) is 37.0 Å². The number of aromatic nitrogens is 2. The summed E-state index contributed by atoms with van der Waals surface area (Å²) in [5.41, 5.74) is 2.66. The van der Waals surface area contributed by atoms with E-state index in [0.717, 1.165) is 28.7 Å². The average molecular weight is 621 g/mol. The highest BCUT2D eigenvalue weighted by molar-refractivity contribution is 7.91. The van der Waals surface area contributed by atoms with Gasteiger partial charge in [0.2, 0.25) is 0 Å². The third-order valence-electron chi connectivity index (χ3n) is 7.93. The third-order valence-corrected chi connectivity index (χ3v) is 10.7. The number of thiazole rings is 1. The SMILES string of the molecule is N#CC(CC(=O)[C@@H]1CCCC[C@H]1c1nc(-c2ccc(F)cn2)sc1-c1ccc(N2CCS(=O)(=O)CC2)cc1)C(F)(F)F. The summed E-state index contributed by atoms with van der Waals surface area (Å²) in [6.07, 6.45) is -2.20. The maximum absolute atomic E-state index is 13.6. The van der Waals surface area contributed by atoms with E-state index in [1.54, 1.807) is 0 Å². The first-order chi connectivity index (χ1) is 19.9. The molecule has 1 aliphatic carbocycles. The highest BCUT2D eigenvalue weighted by Gasteiger charge is 2.44. The van der Waals surface area contributed by atoms with Crippen LogP contribution in [-0.4, -0.2) is 54.9 Å². The molecule has 13 heteroatoms. The maximum Gasteiger partial charge on any atom is 0.404 e. The molecule has 1 aromatic carbocycles. The standard InChI is InChI=1S/C29H28F4N4O3S2/c30-20-7-10-24(35-17-20)28-36-26(23-4-2-1-3-22(23)25(38)15-19(16-34)29(31,32)33)27(41-28)18-5-8-21(9-6-18)37-11-13-42(39,40)14-12-37/h5-10,17,19,22-23H,1-4,11-15H2/t19?,22-,23-/m1/s1. The number of rotatable bonds is 7. The van der Waals surface area contributed by atoms with Crippen molar-refractivity contribution in [3.63, 3.8) is 0 Å². The first-order valence-electron chi connectivity index (χ1n) is 13.6. The molecule has 2 fully saturated rings. The van der Waals surface area contributed by atoms with E-state index in [-0.39, 0.29) is 11.5 Å². The number of sulfone groups is 1. The lowest BCUT2D eigenvalue weighted by atomic mass is 9.73. The Bertz CT molecular complexity index is 1570. The second-order valence-corrected chi connectivity index (χ2v) is 14.0. The van der Waals surface area contributed by atoms with Gasteiger partial charge in [-0.25, -0.2) is 17.8 Å². The van der Waals surface area contributed by atoms with E-state index in [2.05, 4.69) is 4.98 Å². The number of ketones is 1. The van der Waals surface area contributed by atoms with Crippen molar-refractivity contribution in [1.29, 1.82) is 5.26 Å². The van der Waals surface area contributed by atoms with Gasteiger partial charge in [-0.15, -0.1) is 11.3 Å². The van der Waals surface area contributed by atoms with Gasteiger partial charge in [0.05, 0.1) is 40.0 Å². The summed E-state index contributed by atoms with van der Waals surface area (Å²) < 4.78 is 77.2. The lowest BCUT2D eigenvalue weighted by Gasteiger charge is -2.31. The molecule has 0 radical (unpaired) electrons. The van der Waals surface area contributed by atoms with Crippen LogP contribution >= 0.6 is 11.3 Å². The fraction of sp³-hybridized carbons (Fsp3) is 0.448. The van der Waals surface area contributed by atoms with Crippen LogP contribution in [0.15, 0.2) is 42.6 Å². The second-order valence-electron chi connectivity index (χ2n) is 10.7. The number of halogens is 4. The van der Waals surface area contributed by atoms with Gasteiger partial charge in [-0.3, -0.25) is 9.78 Å². The lowest BCUT2D eigenvalue weighted by molar-refractivity contribution is -0.165. The van der Waals surface area contributed by atoms with Gasteiger partial charge in [0.25, 0.3) is 0 Å². The van der Waals surface area contributed by atoms with Crippen LogP contribution in [0.4, 0.5) is 23.2 Å². The van der Waals surface area contributed by atoms with E-state index in [9.17, 15) is 30.8 Å². The van der Waals surface area contributed by atoms with Crippen molar-refractivity contribution in [2.45, 2.75) is 44.2 Å². The van der Waals surface area contributed by atoms with Crippen LogP contribution in [0.25, 0.3) is 21.1 Å². The van der Waals surface area contributed by atoms with Gasteiger partial charge in [0.15, 0.2) is 9.84 Å². The van der Waals surface area contributed by atoms with Crippen molar-refractivity contribution in [2.24, 2.45) is 11.8 Å². The molecule has 0 amide bonds. The Morgan fingerprint density at radius 3 is 2.40 bits per heavy atom. The van der Waals surface area contributed by atoms with Crippen molar-refractivity contribution in [1.82, 2.24) is 9.97 Å². The summed E-state index contributed by atoms with van der Waals surface area (Å²) in [5.74, 6) is -4.47. The van der Waals surface area contributed by atoms with Crippen LogP contribution in [-0.2, 0) is 14.6 Å². The zero-order valence-corrected chi connectivity index (χ0v) is 24.1. The monoisotopic (exact) mass is 620 g/mol. The summed E-state index contributed by atoms with van der Waals surface area (Å²) in [4.78, 5) is 25.0. The number of alkyl halides is 3. The highest BCUT2D eigenvalue weighted by Crippen LogP contribution is 2.47. The number of hydrogen-bond donors (Lipinski definition) is 0. The number of Topliss-reactive ketones (excluding diaryl/α,β-unsaturated/α-hetero) is 1. The number of nitrogens with zero attached hydrogens (tertiary/aromatic N) is 4. The molecule has 3 aromatic rings. The quantitative estimate of drug-likeness (QED) is 0.291. The molecule has 0 bridgehead atoms. The molecular weight excluding hydrogens is 592 g/mol. The van der Waals surface area contributed by atoms with Crippen LogP contribution < -0.4 is 4.90 Å². The maximum atomic E-state index is 13.6. The zero-order chi connectivity index (χ0) is 30.1. The topological polar surface area (TPSA) is 104 Å². The molecule has 0 spiro atoms. The predicted octanol–water partition coefficient (Wildman–Crippen LogP) is 6.18. The van der Waals surface area contributed by atoms with Gasteiger partial charge in [0.1, 0.15) is 22.5 Å². The van der Waals surface area contributed by atoms with Gasteiger partial charge >= 0.3 is 6.18 Å². The minimum atomic E-state index is -4.79. The van der Waals surface area contributed by atoms with Crippen molar-refractivity contribution < 1.29 is 30.8 Å². The summed E-state index contributed by atoms with van der Waals surface area (Å²) >= 11 is 1.31. The molecule has 1 saturated carbocycles. The van der Waals surface area contributed by atoms with E-state index < -0.39 is 51.8 Å². The number of carbonyl (C=O) groups excluding carboxylic acids is 1. The Balaban J connectivity index is 1.50. The molecule has 42 heavy (non-hydrogen) atoms. The van der Waals surface area contributed by atoms with Crippen LogP contribution in [0, 0.1) is 29.0 Å². The smallest absolute Gasteiger partial charge is 0.369 e. The number of nitriles is 1. The molecule has 3 atom stereocenters. The fourth-order valence-electron chi connectivity index (χ4n) is 5.63. The summed E-state index contributed by atoms with van der Waals surface area (Å²) in [6, 6.07) is 11.5. The minimum Gasteiger partial charge on any atom is -0.369 e. The molecule has 7 nitrogen and oxygen atoms in total. The van der Waals surface area contributed by atoms with Crippen molar-refractivity contribution >= 4 is 32.6 Å². The van der Waals surface area contributed by atoms with Crippen LogP contribution in [0.2, 0.25) is 0 Å². The van der Waals surface area contributed by atoms with Gasteiger partial charge < -0.3 is 4.90 Å². The zero-order valence-electron chi connectivity index (χ0n) is 22.5. The fourth-order valence-corrected chi connectivity index (χ4v) is 7.95. The molecule has 222 valence electrons.